The van der Waals surface area contributed by atoms with Crippen molar-refractivity contribution in [3.8, 4) is 0 Å². The second kappa shape index (κ2) is 9.39. The van der Waals surface area contributed by atoms with Crippen molar-refractivity contribution in [3.05, 3.63) is 45.0 Å². The number of aromatic nitrogens is 2. The van der Waals surface area contributed by atoms with Gasteiger partial charge in [0.15, 0.2) is 0 Å². The Bertz CT molecular complexity index is 969. The zero-order chi connectivity index (χ0) is 21.7. The normalized spacial score (nSPS) is 14.2. The number of hydrogen-bond acceptors (Lipinski definition) is 8. The van der Waals surface area contributed by atoms with Crippen LogP contribution >= 0.6 is 11.5 Å². The minimum absolute atomic E-state index is 0.0395. The van der Waals surface area contributed by atoms with Crippen LogP contribution in [0.2, 0.25) is 0 Å². The lowest BCUT2D eigenvalue weighted by molar-refractivity contribution is -0.383. The molecule has 11 nitrogen and oxygen atoms in total. The summed E-state index contributed by atoms with van der Waals surface area (Å²) in [6.07, 6.45) is 1.37. The second-order valence-corrected chi connectivity index (χ2v) is 7.62. The van der Waals surface area contributed by atoms with Gasteiger partial charge in [-0.1, -0.05) is 16.6 Å². The molecule has 12 heteroatoms. The molecule has 1 saturated heterocycles. The zero-order valence-corrected chi connectivity index (χ0v) is 17.0. The highest BCUT2D eigenvalue weighted by atomic mass is 32.1. The van der Waals surface area contributed by atoms with Crippen molar-refractivity contribution < 1.29 is 19.3 Å². The summed E-state index contributed by atoms with van der Waals surface area (Å²) in [5.74, 6) is -1.80. The maximum atomic E-state index is 12.5. The molecule has 0 atom stereocenters. The molecule has 0 spiro atoms. The van der Waals surface area contributed by atoms with Gasteiger partial charge in [0.05, 0.1) is 10.6 Å². The predicted octanol–water partition coefficient (Wildman–Crippen LogP) is 1.36. The molecular weight excluding hydrogens is 412 g/mol. The minimum atomic E-state index is -0.968. The maximum absolute atomic E-state index is 12.5. The second-order valence-electron chi connectivity index (χ2n) is 6.86. The minimum Gasteiger partial charge on any atom is -0.348 e. The van der Waals surface area contributed by atoms with E-state index in [1.54, 1.807) is 11.8 Å². The Labute approximate surface area is 175 Å². The third-order valence-electron chi connectivity index (χ3n) is 4.85. The largest absolute Gasteiger partial charge is 0.348 e. The molecular formula is C18H20N6O5S. The summed E-state index contributed by atoms with van der Waals surface area (Å²) in [5, 5.41) is 19.7. The number of anilines is 1. The topological polar surface area (TPSA) is 147 Å². The number of piperidine rings is 1. The van der Waals surface area contributed by atoms with Crippen molar-refractivity contribution in [2.45, 2.75) is 19.8 Å². The van der Waals surface area contributed by atoms with E-state index in [1.165, 1.54) is 24.3 Å². The average Bonchev–Trinajstić information content (AvgIpc) is 3.17. The van der Waals surface area contributed by atoms with Gasteiger partial charge in [0.25, 0.3) is 11.6 Å². The molecule has 3 rings (SSSR count). The van der Waals surface area contributed by atoms with Crippen LogP contribution in [0.3, 0.4) is 0 Å². The number of hydrogen-bond donors (Lipinski definition) is 2. The van der Waals surface area contributed by atoms with E-state index in [0.717, 1.165) is 11.5 Å². The van der Waals surface area contributed by atoms with Crippen molar-refractivity contribution in [3.63, 3.8) is 0 Å². The van der Waals surface area contributed by atoms with E-state index >= 15 is 0 Å². The van der Waals surface area contributed by atoms with E-state index in [4.69, 9.17) is 0 Å². The van der Waals surface area contributed by atoms with Gasteiger partial charge in [0.2, 0.25) is 0 Å². The van der Waals surface area contributed by atoms with Gasteiger partial charge in [-0.3, -0.25) is 24.5 Å². The molecule has 0 bridgehead atoms. The zero-order valence-electron chi connectivity index (χ0n) is 16.2. The molecule has 0 radical (unpaired) electrons. The van der Waals surface area contributed by atoms with Crippen molar-refractivity contribution in [1.82, 2.24) is 19.8 Å². The number of benzene rings is 1. The lowest BCUT2D eigenvalue weighted by atomic mass is 9.96. The Kier molecular flexibility index (Phi) is 6.67. The third-order valence-corrected chi connectivity index (χ3v) is 5.67. The molecule has 0 unspecified atom stereocenters. The molecule has 1 aromatic heterocycles. The average molecular weight is 432 g/mol. The number of nitrogens with one attached hydrogen (secondary N) is 2. The Balaban J connectivity index is 1.46. The number of carbonyl (C=O) groups excluding carboxylic acids is 3. The van der Waals surface area contributed by atoms with Crippen LogP contribution in [-0.2, 0) is 9.59 Å². The van der Waals surface area contributed by atoms with E-state index in [-0.39, 0.29) is 29.7 Å². The molecule has 0 aliphatic carbocycles. The number of para-hydroxylation sites is 2. The van der Waals surface area contributed by atoms with Gasteiger partial charge < -0.3 is 15.5 Å². The molecule has 0 saturated carbocycles. The number of rotatable bonds is 5. The Hall–Kier alpha value is -3.41. The quantitative estimate of drug-likeness (QED) is 0.412. The van der Waals surface area contributed by atoms with Crippen LogP contribution in [0.1, 0.15) is 28.2 Å². The number of amides is 3. The highest BCUT2D eigenvalue weighted by Gasteiger charge is 2.27. The van der Waals surface area contributed by atoms with Crippen molar-refractivity contribution in [1.29, 1.82) is 0 Å². The number of nitro groups is 1. The van der Waals surface area contributed by atoms with E-state index in [0.29, 0.717) is 36.5 Å². The van der Waals surface area contributed by atoms with Crippen molar-refractivity contribution in [2.75, 3.05) is 25.0 Å². The first-order valence-corrected chi connectivity index (χ1v) is 10.0. The molecule has 1 aromatic carbocycles. The van der Waals surface area contributed by atoms with Crippen molar-refractivity contribution in [2.24, 2.45) is 5.92 Å². The molecule has 3 amide bonds. The van der Waals surface area contributed by atoms with Gasteiger partial charge in [-0.25, -0.2) is 0 Å². The first kappa shape index (κ1) is 21.3. The summed E-state index contributed by atoms with van der Waals surface area (Å²) in [7, 11) is 0. The number of aryl methyl sites for hydroxylation is 1. The van der Waals surface area contributed by atoms with E-state index < -0.39 is 16.7 Å². The Morgan fingerprint density at radius 3 is 2.57 bits per heavy atom. The highest BCUT2D eigenvalue weighted by molar-refractivity contribution is 7.07. The number of nitrogens with zero attached hydrogens (tertiary/aromatic N) is 4. The standard InChI is InChI=1S/C18H20N6O5S/c1-11-15(30-22-21-11)18(27)23-8-6-12(7-9-23)10-19-16(25)17(26)20-13-4-2-3-5-14(13)24(28)29/h2-5,12H,6-10H2,1H3,(H,19,25)(H,20,26). The molecule has 1 aliphatic heterocycles. The molecule has 2 aromatic rings. The fraction of sp³-hybridized carbons (Fsp3) is 0.389. The van der Waals surface area contributed by atoms with Crippen LogP contribution in [0.25, 0.3) is 0 Å². The van der Waals surface area contributed by atoms with Gasteiger partial charge in [-0.2, -0.15) is 0 Å². The fourth-order valence-corrected chi connectivity index (χ4v) is 3.77. The number of nitro benzene ring substituents is 1. The van der Waals surface area contributed by atoms with Crippen LogP contribution in [-0.4, -0.2) is 56.8 Å². The maximum Gasteiger partial charge on any atom is 0.313 e. The van der Waals surface area contributed by atoms with Gasteiger partial charge >= 0.3 is 11.8 Å². The van der Waals surface area contributed by atoms with Crippen LogP contribution in [0.15, 0.2) is 24.3 Å². The van der Waals surface area contributed by atoms with Crippen LogP contribution in [0.4, 0.5) is 11.4 Å². The Morgan fingerprint density at radius 2 is 1.93 bits per heavy atom. The van der Waals surface area contributed by atoms with E-state index in [1.807, 2.05) is 0 Å². The first-order valence-electron chi connectivity index (χ1n) is 9.27. The monoisotopic (exact) mass is 432 g/mol. The van der Waals surface area contributed by atoms with Crippen molar-refractivity contribution >= 4 is 40.6 Å². The molecule has 1 aliphatic rings. The van der Waals surface area contributed by atoms with E-state index in [2.05, 4.69) is 20.2 Å². The molecule has 2 heterocycles. The molecule has 30 heavy (non-hydrogen) atoms. The lowest BCUT2D eigenvalue weighted by Gasteiger charge is -2.31. The summed E-state index contributed by atoms with van der Waals surface area (Å²) in [6.45, 7) is 3.11. The van der Waals surface area contributed by atoms with E-state index in [9.17, 15) is 24.5 Å². The van der Waals surface area contributed by atoms with Gasteiger partial charge in [0.1, 0.15) is 10.6 Å². The summed E-state index contributed by atoms with van der Waals surface area (Å²) in [6, 6.07) is 5.60. The van der Waals surface area contributed by atoms with Crippen LogP contribution in [0.5, 0.6) is 0 Å². The molecule has 158 valence electrons. The lowest BCUT2D eigenvalue weighted by Crippen LogP contribution is -2.43. The van der Waals surface area contributed by atoms with Crippen LogP contribution < -0.4 is 10.6 Å². The van der Waals surface area contributed by atoms with Gasteiger partial charge in [0, 0.05) is 25.7 Å². The fourth-order valence-electron chi connectivity index (χ4n) is 3.15. The Morgan fingerprint density at radius 1 is 1.23 bits per heavy atom. The summed E-state index contributed by atoms with van der Waals surface area (Å²) >= 11 is 1.08. The molecule has 1 fully saturated rings. The SMILES string of the molecule is Cc1nnsc1C(=O)N1CCC(CNC(=O)C(=O)Nc2ccccc2[N+](=O)[O-])CC1. The molecule has 2 N–H and O–H groups in total. The first-order chi connectivity index (χ1) is 14.4. The highest BCUT2D eigenvalue weighted by Crippen LogP contribution is 2.23. The third kappa shape index (κ3) is 4.95. The van der Waals surface area contributed by atoms with Crippen LogP contribution in [0, 0.1) is 23.0 Å². The number of likely N-dealkylation sites (tertiary alicyclic amines) is 1. The van der Waals surface area contributed by atoms with Gasteiger partial charge in [-0.15, -0.1) is 5.10 Å². The predicted molar refractivity (Wildman–Crippen MR) is 108 cm³/mol. The summed E-state index contributed by atoms with van der Waals surface area (Å²) < 4.78 is 3.78. The summed E-state index contributed by atoms with van der Waals surface area (Å²) in [5.41, 5.74) is 0.286. The number of carbonyl (C=O) groups is 3. The van der Waals surface area contributed by atoms with Gasteiger partial charge in [-0.05, 0) is 43.3 Å². The summed E-state index contributed by atoms with van der Waals surface area (Å²) in [4.78, 5) is 49.2. The smallest absolute Gasteiger partial charge is 0.313 e.